The van der Waals surface area contributed by atoms with E-state index >= 15 is 0 Å². The average Bonchev–Trinajstić information content (AvgIpc) is 3.38. The first kappa shape index (κ1) is 20.2. The number of thiazole rings is 1. The lowest BCUT2D eigenvalue weighted by molar-refractivity contribution is -0.115. The van der Waals surface area contributed by atoms with E-state index in [-0.39, 0.29) is 12.3 Å². The zero-order chi connectivity index (χ0) is 22.1. The van der Waals surface area contributed by atoms with Crippen molar-refractivity contribution in [2.75, 3.05) is 11.9 Å². The third-order valence-corrected chi connectivity index (χ3v) is 6.18. The van der Waals surface area contributed by atoms with Gasteiger partial charge in [0.1, 0.15) is 17.1 Å². The zero-order valence-electron chi connectivity index (χ0n) is 17.8. The Labute approximate surface area is 189 Å². The van der Waals surface area contributed by atoms with Crippen LogP contribution in [-0.2, 0) is 11.2 Å². The summed E-state index contributed by atoms with van der Waals surface area (Å²) in [7, 11) is 0. The minimum absolute atomic E-state index is 0.0985. The Morgan fingerprint density at radius 3 is 2.78 bits per heavy atom. The summed E-state index contributed by atoms with van der Waals surface area (Å²) < 4.78 is 8.41. The molecule has 5 rings (SSSR count). The van der Waals surface area contributed by atoms with Crippen molar-refractivity contribution in [1.29, 1.82) is 0 Å². The average molecular weight is 443 g/mol. The first-order chi connectivity index (χ1) is 15.6. The third kappa shape index (κ3) is 3.83. The number of hydrogen-bond donors (Lipinski definition) is 1. The second-order valence-electron chi connectivity index (χ2n) is 7.48. The van der Waals surface area contributed by atoms with Crippen LogP contribution in [0.2, 0.25) is 0 Å². The number of aryl methyl sites for hydroxylation is 1. The first-order valence-electron chi connectivity index (χ1n) is 10.5. The molecule has 0 fully saturated rings. The van der Waals surface area contributed by atoms with Crippen molar-refractivity contribution in [2.45, 2.75) is 20.3 Å². The van der Waals surface area contributed by atoms with Gasteiger partial charge >= 0.3 is 0 Å². The zero-order valence-corrected chi connectivity index (χ0v) is 18.6. The lowest BCUT2D eigenvalue weighted by Gasteiger charge is -2.08. The Bertz CT molecular complexity index is 1430. The molecular weight excluding hydrogens is 420 g/mol. The normalized spacial score (nSPS) is 11.2. The number of nitrogens with zero attached hydrogens (tertiary/aromatic N) is 3. The molecular formula is C25H22N4O2S. The summed E-state index contributed by atoms with van der Waals surface area (Å²) in [5.74, 6) is 1.25. The second-order valence-corrected chi connectivity index (χ2v) is 8.49. The van der Waals surface area contributed by atoms with Gasteiger partial charge in [0.2, 0.25) is 11.0 Å². The summed E-state index contributed by atoms with van der Waals surface area (Å²) in [6.07, 6.45) is 0.278. The Balaban J connectivity index is 1.44. The minimum atomic E-state index is -0.0985. The lowest BCUT2D eigenvalue weighted by atomic mass is 10.0. The Morgan fingerprint density at radius 2 is 1.91 bits per heavy atom. The van der Waals surface area contributed by atoms with Crippen LogP contribution in [0.5, 0.6) is 5.75 Å². The summed E-state index contributed by atoms with van der Waals surface area (Å²) >= 11 is 1.51. The van der Waals surface area contributed by atoms with Gasteiger partial charge in [0.25, 0.3) is 0 Å². The number of carbonyl (C=O) groups is 1. The summed E-state index contributed by atoms with van der Waals surface area (Å²) in [6, 6.07) is 21.9. The van der Waals surface area contributed by atoms with Gasteiger partial charge < -0.3 is 10.1 Å². The predicted octanol–water partition coefficient (Wildman–Crippen LogP) is 5.52. The van der Waals surface area contributed by atoms with Crippen LogP contribution in [0.25, 0.3) is 26.1 Å². The molecule has 3 aromatic carbocycles. The molecule has 0 radical (unpaired) electrons. The Morgan fingerprint density at radius 1 is 1.09 bits per heavy atom. The van der Waals surface area contributed by atoms with Crippen LogP contribution < -0.4 is 10.1 Å². The first-order valence-corrected chi connectivity index (χ1v) is 11.3. The van der Waals surface area contributed by atoms with Crippen molar-refractivity contribution in [3.05, 3.63) is 78.0 Å². The van der Waals surface area contributed by atoms with E-state index in [1.54, 1.807) is 4.68 Å². The fourth-order valence-corrected chi connectivity index (χ4v) is 4.76. The number of benzene rings is 3. The molecule has 0 aliphatic carbocycles. The number of para-hydroxylation sites is 1. The van der Waals surface area contributed by atoms with Crippen molar-refractivity contribution >= 4 is 44.1 Å². The quantitative estimate of drug-likeness (QED) is 0.376. The SMILES string of the molecule is CCOc1cccc2sc(-n3nc(C)cc3NC(=O)Cc3cccc4ccccc34)nc12. The standard InChI is InChI=1S/C25H22N4O2S/c1-3-31-20-12-7-13-21-24(20)27-25(32-21)29-22(14-16(2)28-29)26-23(30)15-18-10-6-9-17-8-4-5-11-19(17)18/h4-14H,3,15H2,1-2H3,(H,26,30). The Hall–Kier alpha value is -3.71. The summed E-state index contributed by atoms with van der Waals surface area (Å²) in [5.41, 5.74) is 2.59. The molecule has 1 N–H and O–H groups in total. The van der Waals surface area contributed by atoms with Crippen molar-refractivity contribution in [1.82, 2.24) is 14.8 Å². The molecule has 2 aromatic heterocycles. The number of carbonyl (C=O) groups excluding carboxylic acids is 1. The maximum atomic E-state index is 12.9. The second kappa shape index (κ2) is 8.43. The van der Waals surface area contributed by atoms with Gasteiger partial charge in [0.05, 0.1) is 23.4 Å². The van der Waals surface area contributed by atoms with E-state index < -0.39 is 0 Å². The van der Waals surface area contributed by atoms with E-state index in [9.17, 15) is 4.79 Å². The minimum Gasteiger partial charge on any atom is -0.492 e. The van der Waals surface area contributed by atoms with E-state index in [4.69, 9.17) is 9.72 Å². The molecule has 0 aliphatic heterocycles. The smallest absolute Gasteiger partial charge is 0.229 e. The molecule has 7 heteroatoms. The van der Waals surface area contributed by atoms with Gasteiger partial charge in [0.15, 0.2) is 0 Å². The van der Waals surface area contributed by atoms with Crippen LogP contribution in [0, 0.1) is 6.92 Å². The fourth-order valence-electron chi connectivity index (χ4n) is 3.82. The lowest BCUT2D eigenvalue weighted by Crippen LogP contribution is -2.17. The molecule has 32 heavy (non-hydrogen) atoms. The molecule has 0 bridgehead atoms. The molecule has 2 heterocycles. The molecule has 0 aliphatic rings. The van der Waals surface area contributed by atoms with Gasteiger partial charge in [-0.05, 0) is 42.3 Å². The van der Waals surface area contributed by atoms with E-state index in [0.29, 0.717) is 17.6 Å². The molecule has 0 spiro atoms. The maximum Gasteiger partial charge on any atom is 0.229 e. The maximum absolute atomic E-state index is 12.9. The monoisotopic (exact) mass is 442 g/mol. The number of ether oxygens (including phenoxy) is 1. The number of amides is 1. The van der Waals surface area contributed by atoms with Gasteiger partial charge in [-0.25, -0.2) is 4.98 Å². The van der Waals surface area contributed by atoms with Gasteiger partial charge in [-0.15, -0.1) is 0 Å². The van der Waals surface area contributed by atoms with Crippen molar-refractivity contribution in [3.8, 4) is 10.9 Å². The molecule has 0 atom stereocenters. The van der Waals surface area contributed by atoms with Crippen LogP contribution in [0.15, 0.2) is 66.7 Å². The van der Waals surface area contributed by atoms with E-state index in [1.165, 1.54) is 11.3 Å². The topological polar surface area (TPSA) is 69.0 Å². The molecule has 0 saturated heterocycles. The van der Waals surface area contributed by atoms with Crippen molar-refractivity contribution < 1.29 is 9.53 Å². The highest BCUT2D eigenvalue weighted by Gasteiger charge is 2.17. The number of nitrogens with one attached hydrogen (secondary N) is 1. The van der Waals surface area contributed by atoms with Gasteiger partial charge in [-0.3, -0.25) is 4.79 Å². The van der Waals surface area contributed by atoms with Crippen LogP contribution in [0.1, 0.15) is 18.2 Å². The van der Waals surface area contributed by atoms with Gasteiger partial charge in [-0.1, -0.05) is 59.9 Å². The summed E-state index contributed by atoms with van der Waals surface area (Å²) in [5, 5.41) is 10.5. The highest BCUT2D eigenvalue weighted by Crippen LogP contribution is 2.32. The number of anilines is 1. The number of aromatic nitrogens is 3. The van der Waals surface area contributed by atoms with E-state index in [2.05, 4.69) is 22.5 Å². The summed E-state index contributed by atoms with van der Waals surface area (Å²) in [6.45, 7) is 4.42. The van der Waals surface area contributed by atoms with Crippen LogP contribution in [0.3, 0.4) is 0 Å². The van der Waals surface area contributed by atoms with Crippen molar-refractivity contribution in [3.63, 3.8) is 0 Å². The fraction of sp³-hybridized carbons (Fsp3) is 0.160. The van der Waals surface area contributed by atoms with Crippen LogP contribution >= 0.6 is 11.3 Å². The molecule has 0 saturated carbocycles. The molecule has 1 amide bonds. The largest absolute Gasteiger partial charge is 0.492 e. The molecule has 6 nitrogen and oxygen atoms in total. The van der Waals surface area contributed by atoms with E-state index in [0.717, 1.165) is 38.0 Å². The molecule has 160 valence electrons. The van der Waals surface area contributed by atoms with Crippen LogP contribution in [-0.4, -0.2) is 27.3 Å². The number of hydrogen-bond acceptors (Lipinski definition) is 5. The van der Waals surface area contributed by atoms with Gasteiger partial charge in [0, 0.05) is 6.07 Å². The third-order valence-electron chi connectivity index (χ3n) is 5.18. The number of rotatable bonds is 6. The van der Waals surface area contributed by atoms with E-state index in [1.807, 2.05) is 68.4 Å². The molecule has 5 aromatic rings. The van der Waals surface area contributed by atoms with Crippen LogP contribution in [0.4, 0.5) is 5.82 Å². The summed E-state index contributed by atoms with van der Waals surface area (Å²) in [4.78, 5) is 17.7. The predicted molar refractivity (Wildman–Crippen MR) is 129 cm³/mol. The van der Waals surface area contributed by atoms with Gasteiger partial charge in [-0.2, -0.15) is 9.78 Å². The highest BCUT2D eigenvalue weighted by atomic mass is 32.1. The molecule has 0 unspecified atom stereocenters. The highest BCUT2D eigenvalue weighted by molar-refractivity contribution is 7.20. The van der Waals surface area contributed by atoms with Crippen molar-refractivity contribution in [2.24, 2.45) is 0 Å². The number of fused-ring (bicyclic) bond motifs is 2. The Kier molecular flexibility index (Phi) is 5.33.